The predicted molar refractivity (Wildman–Crippen MR) is 69.3 cm³/mol. The summed E-state index contributed by atoms with van der Waals surface area (Å²) in [6, 6.07) is 4.19. The summed E-state index contributed by atoms with van der Waals surface area (Å²) >= 11 is 5.88. The number of rotatable bonds is 7. The van der Waals surface area contributed by atoms with Crippen LogP contribution in [0.3, 0.4) is 0 Å². The molecule has 1 atom stereocenters. The van der Waals surface area contributed by atoms with Gasteiger partial charge in [-0.15, -0.1) is 0 Å². The number of nitrogens with one attached hydrogen (secondary N) is 1. The molecule has 1 aromatic carbocycles. The van der Waals surface area contributed by atoms with Gasteiger partial charge in [-0.1, -0.05) is 18.5 Å². The molecule has 4 heteroatoms. The van der Waals surface area contributed by atoms with E-state index in [9.17, 15) is 4.39 Å². The molecule has 0 bridgehead atoms. The van der Waals surface area contributed by atoms with Crippen molar-refractivity contribution in [2.24, 2.45) is 0 Å². The molecule has 0 amide bonds. The van der Waals surface area contributed by atoms with Crippen molar-refractivity contribution in [2.45, 2.75) is 32.8 Å². The minimum atomic E-state index is -0.345. The Balaban J connectivity index is 2.37. The lowest BCUT2D eigenvalue weighted by molar-refractivity contribution is 0.207. The molecular weight excluding hydrogens is 241 g/mol. The Kier molecular flexibility index (Phi) is 6.30. The highest BCUT2D eigenvalue weighted by Crippen LogP contribution is 2.26. The van der Waals surface area contributed by atoms with Crippen LogP contribution in [0.2, 0.25) is 5.02 Å². The zero-order chi connectivity index (χ0) is 12.7. The van der Waals surface area contributed by atoms with E-state index in [4.69, 9.17) is 16.3 Å². The lowest BCUT2D eigenvalue weighted by Crippen LogP contribution is -2.18. The van der Waals surface area contributed by atoms with Gasteiger partial charge < -0.3 is 10.1 Å². The quantitative estimate of drug-likeness (QED) is 0.755. The molecule has 0 aliphatic heterocycles. The summed E-state index contributed by atoms with van der Waals surface area (Å²) in [4.78, 5) is 0. The van der Waals surface area contributed by atoms with Gasteiger partial charge in [-0.25, -0.2) is 4.39 Å². The fourth-order valence-electron chi connectivity index (χ4n) is 1.54. The molecule has 0 spiro atoms. The smallest absolute Gasteiger partial charge is 0.138 e. The van der Waals surface area contributed by atoms with E-state index in [-0.39, 0.29) is 11.9 Å². The van der Waals surface area contributed by atoms with Crippen molar-refractivity contribution in [3.63, 3.8) is 0 Å². The maximum absolute atomic E-state index is 12.8. The summed E-state index contributed by atoms with van der Waals surface area (Å²) in [7, 11) is 0. The number of halogens is 2. The minimum absolute atomic E-state index is 0.0802. The van der Waals surface area contributed by atoms with E-state index in [2.05, 4.69) is 12.2 Å². The Bertz CT molecular complexity index is 346. The van der Waals surface area contributed by atoms with Crippen LogP contribution in [0.5, 0.6) is 5.75 Å². The predicted octanol–water partition coefficient (Wildman–Crippen LogP) is 3.64. The molecule has 0 aromatic heterocycles. The molecule has 0 saturated carbocycles. The molecule has 1 rings (SSSR count). The first-order valence-corrected chi connectivity index (χ1v) is 6.33. The average Bonchev–Trinajstić information content (AvgIpc) is 2.28. The van der Waals surface area contributed by atoms with Gasteiger partial charge in [0.2, 0.25) is 0 Å². The molecule has 1 unspecified atom stereocenters. The van der Waals surface area contributed by atoms with E-state index in [0.717, 1.165) is 25.9 Å². The number of hydrogen-bond donors (Lipinski definition) is 1. The summed E-state index contributed by atoms with van der Waals surface area (Å²) < 4.78 is 18.5. The van der Waals surface area contributed by atoms with Gasteiger partial charge in [0, 0.05) is 0 Å². The highest BCUT2D eigenvalue weighted by Gasteiger charge is 2.08. The van der Waals surface area contributed by atoms with Crippen LogP contribution >= 0.6 is 11.6 Å². The fourth-order valence-corrected chi connectivity index (χ4v) is 1.75. The Morgan fingerprint density at radius 3 is 2.88 bits per heavy atom. The van der Waals surface area contributed by atoms with E-state index in [1.165, 1.54) is 12.1 Å². The van der Waals surface area contributed by atoms with Crippen LogP contribution < -0.4 is 10.1 Å². The summed E-state index contributed by atoms with van der Waals surface area (Å²) in [5, 5.41) is 3.58. The molecule has 0 saturated heterocycles. The third-order valence-electron chi connectivity index (χ3n) is 2.44. The highest BCUT2D eigenvalue weighted by atomic mass is 35.5. The van der Waals surface area contributed by atoms with E-state index >= 15 is 0 Å². The third kappa shape index (κ3) is 5.37. The van der Waals surface area contributed by atoms with Crippen LogP contribution in [0, 0.1) is 5.82 Å². The van der Waals surface area contributed by atoms with Crippen molar-refractivity contribution < 1.29 is 9.13 Å². The summed E-state index contributed by atoms with van der Waals surface area (Å²) in [5.41, 5.74) is 0. The van der Waals surface area contributed by atoms with E-state index in [0.29, 0.717) is 10.8 Å². The fraction of sp³-hybridized carbons (Fsp3) is 0.538. The normalized spacial score (nSPS) is 12.5. The molecule has 1 N–H and O–H groups in total. The van der Waals surface area contributed by atoms with E-state index in [1.54, 1.807) is 6.07 Å². The van der Waals surface area contributed by atoms with Gasteiger partial charge in [-0.05, 0) is 51.1 Å². The third-order valence-corrected chi connectivity index (χ3v) is 2.73. The maximum atomic E-state index is 12.8. The van der Waals surface area contributed by atoms with Crippen molar-refractivity contribution in [3.8, 4) is 5.75 Å². The van der Waals surface area contributed by atoms with Crippen molar-refractivity contribution in [2.75, 3.05) is 13.1 Å². The molecule has 0 fully saturated rings. The van der Waals surface area contributed by atoms with Gasteiger partial charge in [-0.2, -0.15) is 0 Å². The van der Waals surface area contributed by atoms with E-state index in [1.807, 2.05) is 6.92 Å². The Hall–Kier alpha value is -0.800. The molecule has 0 heterocycles. The van der Waals surface area contributed by atoms with Crippen LogP contribution in [0.25, 0.3) is 0 Å². The number of benzene rings is 1. The standard InChI is InChI=1S/C13H19ClFNO/c1-3-16-8-4-5-10(2)17-13-7-6-11(15)9-12(13)14/h6-7,9-10,16H,3-5,8H2,1-2H3. The molecule has 0 aliphatic rings. The van der Waals surface area contributed by atoms with Crippen molar-refractivity contribution in [3.05, 3.63) is 29.0 Å². The lowest BCUT2D eigenvalue weighted by atomic mass is 10.2. The lowest BCUT2D eigenvalue weighted by Gasteiger charge is -2.15. The zero-order valence-corrected chi connectivity index (χ0v) is 11.1. The van der Waals surface area contributed by atoms with Crippen molar-refractivity contribution >= 4 is 11.6 Å². The molecule has 0 aliphatic carbocycles. The SMILES string of the molecule is CCNCCCC(C)Oc1ccc(F)cc1Cl. The molecule has 2 nitrogen and oxygen atoms in total. The first-order chi connectivity index (χ1) is 8.13. The van der Waals surface area contributed by atoms with Crippen molar-refractivity contribution in [1.29, 1.82) is 0 Å². The summed E-state index contributed by atoms with van der Waals surface area (Å²) in [6.45, 7) is 6.05. The average molecular weight is 260 g/mol. The highest BCUT2D eigenvalue weighted by molar-refractivity contribution is 6.32. The van der Waals surface area contributed by atoms with Crippen LogP contribution in [-0.2, 0) is 0 Å². The molecule has 96 valence electrons. The molecular formula is C13H19ClFNO. The summed E-state index contributed by atoms with van der Waals surface area (Å²) in [6.07, 6.45) is 2.07. The molecule has 0 radical (unpaired) electrons. The van der Waals surface area contributed by atoms with Crippen LogP contribution in [-0.4, -0.2) is 19.2 Å². The second kappa shape index (κ2) is 7.51. The van der Waals surface area contributed by atoms with Crippen molar-refractivity contribution in [1.82, 2.24) is 5.32 Å². The first kappa shape index (κ1) is 14.3. The Morgan fingerprint density at radius 2 is 2.24 bits per heavy atom. The van der Waals surface area contributed by atoms with Crippen LogP contribution in [0.4, 0.5) is 4.39 Å². The van der Waals surface area contributed by atoms with Gasteiger partial charge in [0.05, 0.1) is 11.1 Å². The van der Waals surface area contributed by atoms with Crippen LogP contribution in [0.1, 0.15) is 26.7 Å². The first-order valence-electron chi connectivity index (χ1n) is 5.96. The maximum Gasteiger partial charge on any atom is 0.138 e. The number of ether oxygens (including phenoxy) is 1. The monoisotopic (exact) mass is 259 g/mol. The second-order valence-corrected chi connectivity index (χ2v) is 4.41. The Morgan fingerprint density at radius 1 is 1.47 bits per heavy atom. The van der Waals surface area contributed by atoms with Gasteiger partial charge in [-0.3, -0.25) is 0 Å². The van der Waals surface area contributed by atoms with Gasteiger partial charge >= 0.3 is 0 Å². The molecule has 1 aromatic rings. The topological polar surface area (TPSA) is 21.3 Å². The zero-order valence-electron chi connectivity index (χ0n) is 10.3. The van der Waals surface area contributed by atoms with Gasteiger partial charge in [0.1, 0.15) is 11.6 Å². The number of hydrogen-bond acceptors (Lipinski definition) is 2. The molecule has 17 heavy (non-hydrogen) atoms. The van der Waals surface area contributed by atoms with Gasteiger partial charge in [0.25, 0.3) is 0 Å². The summed E-state index contributed by atoms with van der Waals surface area (Å²) in [5.74, 6) is 0.200. The Labute approximate surface area is 107 Å². The van der Waals surface area contributed by atoms with Crippen LogP contribution in [0.15, 0.2) is 18.2 Å². The largest absolute Gasteiger partial charge is 0.489 e. The minimum Gasteiger partial charge on any atom is -0.489 e. The second-order valence-electron chi connectivity index (χ2n) is 4.00. The van der Waals surface area contributed by atoms with Gasteiger partial charge in [0.15, 0.2) is 0 Å². The van der Waals surface area contributed by atoms with E-state index < -0.39 is 0 Å².